The average Bonchev–Trinajstić information content (AvgIpc) is 2.60. The van der Waals surface area contributed by atoms with Gasteiger partial charge in [0.1, 0.15) is 5.75 Å². The lowest BCUT2D eigenvalue weighted by atomic mass is 10.2. The van der Waals surface area contributed by atoms with Crippen molar-refractivity contribution in [1.29, 1.82) is 0 Å². The van der Waals surface area contributed by atoms with E-state index in [0.29, 0.717) is 0 Å². The normalized spacial score (nSPS) is 9.85. The number of benzene rings is 2. The fourth-order valence-electron chi connectivity index (χ4n) is 1.91. The van der Waals surface area contributed by atoms with E-state index in [4.69, 9.17) is 22.1 Å². The van der Waals surface area contributed by atoms with Crippen LogP contribution in [0.25, 0.3) is 0 Å². The fraction of sp³-hybridized carbons (Fsp3) is 0.0625. The van der Waals surface area contributed by atoms with E-state index < -0.39 is 16.8 Å². The van der Waals surface area contributed by atoms with Gasteiger partial charge in [-0.3, -0.25) is 20.2 Å². The Labute approximate surface area is 152 Å². The van der Waals surface area contributed by atoms with E-state index in [2.05, 4.69) is 10.6 Å². The van der Waals surface area contributed by atoms with E-state index in [0.717, 1.165) is 0 Å². The number of carbonyl (C=O) groups excluding carboxylic acids is 1. The summed E-state index contributed by atoms with van der Waals surface area (Å²) in [6.45, 7) is -0.375. The van der Waals surface area contributed by atoms with E-state index in [1.165, 1.54) is 36.4 Å². The minimum absolute atomic E-state index is 0.00577. The summed E-state index contributed by atoms with van der Waals surface area (Å²) < 4.78 is 5.20. The Morgan fingerprint density at radius 1 is 1.15 bits per heavy atom. The number of carbonyl (C=O) groups is 2. The number of amides is 1. The Bertz CT molecular complexity index is 853. The van der Waals surface area contributed by atoms with Gasteiger partial charge >= 0.3 is 5.97 Å². The quantitative estimate of drug-likeness (QED) is 0.398. The highest BCUT2D eigenvalue weighted by Gasteiger charge is 2.12. The number of para-hydroxylation sites is 1. The van der Waals surface area contributed by atoms with Gasteiger partial charge in [-0.15, -0.1) is 0 Å². The number of nitrogens with zero attached hydrogens (tertiary/aromatic N) is 1. The SMILES string of the molecule is O=C(COc1ccc([N+](=O)[O-])cc1)NC(=S)Nc1ccccc1C(=O)O. The van der Waals surface area contributed by atoms with Crippen molar-refractivity contribution in [3.63, 3.8) is 0 Å². The molecule has 9 nitrogen and oxygen atoms in total. The number of ether oxygens (including phenoxy) is 1. The molecule has 0 aliphatic carbocycles. The molecule has 2 rings (SSSR count). The van der Waals surface area contributed by atoms with Crippen molar-refractivity contribution in [2.75, 3.05) is 11.9 Å². The zero-order chi connectivity index (χ0) is 19.1. The summed E-state index contributed by atoms with van der Waals surface area (Å²) in [5.74, 6) is -1.43. The molecule has 10 heteroatoms. The Morgan fingerprint density at radius 2 is 1.81 bits per heavy atom. The lowest BCUT2D eigenvalue weighted by Gasteiger charge is -2.12. The van der Waals surface area contributed by atoms with Crippen LogP contribution < -0.4 is 15.4 Å². The van der Waals surface area contributed by atoms with Gasteiger partial charge in [0.2, 0.25) is 0 Å². The van der Waals surface area contributed by atoms with Crippen LogP contribution in [0.1, 0.15) is 10.4 Å². The monoisotopic (exact) mass is 375 g/mol. The third kappa shape index (κ3) is 5.24. The van der Waals surface area contributed by atoms with E-state index in [1.54, 1.807) is 12.1 Å². The second-order valence-corrected chi connectivity index (χ2v) is 5.30. The van der Waals surface area contributed by atoms with Gasteiger partial charge in [0.15, 0.2) is 11.7 Å². The van der Waals surface area contributed by atoms with Crippen molar-refractivity contribution in [2.24, 2.45) is 0 Å². The maximum atomic E-state index is 11.8. The molecule has 0 aliphatic heterocycles. The molecule has 0 spiro atoms. The summed E-state index contributed by atoms with van der Waals surface area (Å²) in [6, 6.07) is 11.3. The smallest absolute Gasteiger partial charge is 0.337 e. The third-order valence-corrected chi connectivity index (χ3v) is 3.28. The molecule has 0 aromatic heterocycles. The minimum atomic E-state index is -1.14. The molecule has 0 bridgehead atoms. The molecule has 3 N–H and O–H groups in total. The van der Waals surface area contributed by atoms with Crippen molar-refractivity contribution in [1.82, 2.24) is 5.32 Å². The fourth-order valence-corrected chi connectivity index (χ4v) is 2.13. The highest BCUT2D eigenvalue weighted by atomic mass is 32.1. The lowest BCUT2D eigenvalue weighted by Crippen LogP contribution is -2.37. The number of nitro benzene ring substituents is 1. The second-order valence-electron chi connectivity index (χ2n) is 4.89. The summed E-state index contributed by atoms with van der Waals surface area (Å²) in [5, 5.41) is 24.5. The number of hydrogen-bond acceptors (Lipinski definition) is 6. The van der Waals surface area contributed by atoms with Crippen LogP contribution in [0.3, 0.4) is 0 Å². The molecule has 0 saturated carbocycles. The van der Waals surface area contributed by atoms with Gasteiger partial charge in [0.25, 0.3) is 11.6 Å². The van der Waals surface area contributed by atoms with Crippen molar-refractivity contribution in [2.45, 2.75) is 0 Å². The molecule has 26 heavy (non-hydrogen) atoms. The van der Waals surface area contributed by atoms with Gasteiger partial charge in [-0.25, -0.2) is 4.79 Å². The lowest BCUT2D eigenvalue weighted by molar-refractivity contribution is -0.384. The molecule has 2 aromatic carbocycles. The zero-order valence-electron chi connectivity index (χ0n) is 13.2. The first-order valence-electron chi connectivity index (χ1n) is 7.17. The van der Waals surface area contributed by atoms with Crippen LogP contribution in [0.4, 0.5) is 11.4 Å². The van der Waals surface area contributed by atoms with Crippen LogP contribution in [0.2, 0.25) is 0 Å². The van der Waals surface area contributed by atoms with Crippen LogP contribution >= 0.6 is 12.2 Å². The van der Waals surface area contributed by atoms with Crippen molar-refractivity contribution in [3.05, 3.63) is 64.2 Å². The maximum absolute atomic E-state index is 11.8. The number of aromatic carboxylic acids is 1. The minimum Gasteiger partial charge on any atom is -0.484 e. The topological polar surface area (TPSA) is 131 Å². The van der Waals surface area contributed by atoms with Crippen LogP contribution in [0.5, 0.6) is 5.75 Å². The van der Waals surface area contributed by atoms with Gasteiger partial charge in [-0.05, 0) is 36.5 Å². The van der Waals surface area contributed by atoms with Crippen LogP contribution in [0, 0.1) is 10.1 Å². The van der Waals surface area contributed by atoms with Crippen LogP contribution in [-0.4, -0.2) is 33.6 Å². The Morgan fingerprint density at radius 3 is 2.42 bits per heavy atom. The predicted molar refractivity (Wildman–Crippen MR) is 96.4 cm³/mol. The number of nitro groups is 1. The Hall–Kier alpha value is -3.53. The van der Waals surface area contributed by atoms with Crippen molar-refractivity contribution < 1.29 is 24.4 Å². The van der Waals surface area contributed by atoms with Gasteiger partial charge in [-0.2, -0.15) is 0 Å². The van der Waals surface area contributed by atoms with Gasteiger partial charge in [0, 0.05) is 12.1 Å². The summed E-state index contributed by atoms with van der Waals surface area (Å²) in [4.78, 5) is 33.0. The number of non-ortho nitro benzene ring substituents is 1. The molecule has 0 saturated heterocycles. The van der Waals surface area contributed by atoms with Gasteiger partial charge in [-0.1, -0.05) is 12.1 Å². The number of carboxylic acid groups (broad SMARTS) is 1. The highest BCUT2D eigenvalue weighted by Crippen LogP contribution is 2.17. The largest absolute Gasteiger partial charge is 0.484 e. The average molecular weight is 375 g/mol. The first-order valence-corrected chi connectivity index (χ1v) is 7.58. The molecule has 0 unspecified atom stereocenters. The van der Waals surface area contributed by atoms with E-state index in [-0.39, 0.29) is 34.4 Å². The predicted octanol–water partition coefficient (Wildman–Crippen LogP) is 2.18. The molecule has 0 radical (unpaired) electrons. The third-order valence-electron chi connectivity index (χ3n) is 3.08. The van der Waals surface area contributed by atoms with E-state index in [1.807, 2.05) is 0 Å². The molecule has 134 valence electrons. The maximum Gasteiger partial charge on any atom is 0.337 e. The van der Waals surface area contributed by atoms with E-state index >= 15 is 0 Å². The molecule has 0 atom stereocenters. The highest BCUT2D eigenvalue weighted by molar-refractivity contribution is 7.80. The van der Waals surface area contributed by atoms with Gasteiger partial charge < -0.3 is 15.2 Å². The van der Waals surface area contributed by atoms with Crippen LogP contribution in [0.15, 0.2) is 48.5 Å². The number of rotatable bonds is 6. The number of carboxylic acids is 1. The van der Waals surface area contributed by atoms with Crippen LogP contribution in [-0.2, 0) is 4.79 Å². The summed E-state index contributed by atoms with van der Waals surface area (Å²) in [6.07, 6.45) is 0. The molecule has 0 aliphatic rings. The summed E-state index contributed by atoms with van der Waals surface area (Å²) >= 11 is 4.97. The zero-order valence-corrected chi connectivity index (χ0v) is 14.0. The molecular weight excluding hydrogens is 362 g/mol. The number of anilines is 1. The van der Waals surface area contributed by atoms with Crippen molar-refractivity contribution >= 4 is 40.6 Å². The van der Waals surface area contributed by atoms with Gasteiger partial charge in [0.05, 0.1) is 16.2 Å². The molecule has 0 heterocycles. The number of nitrogens with one attached hydrogen (secondary N) is 2. The first kappa shape index (κ1) is 18.8. The standard InChI is InChI=1S/C16H13N3O6S/c20-14(9-25-11-7-5-10(6-8-11)19(23)24)18-16(26)17-13-4-2-1-3-12(13)15(21)22/h1-8H,9H2,(H,21,22)(H2,17,18,20,26). The Kier molecular flexibility index (Phi) is 6.17. The summed E-state index contributed by atoms with van der Waals surface area (Å²) in [5.41, 5.74) is 0.150. The molecule has 2 aromatic rings. The second kappa shape index (κ2) is 8.53. The molecule has 0 fully saturated rings. The number of hydrogen-bond donors (Lipinski definition) is 3. The molecule has 1 amide bonds. The first-order chi connectivity index (χ1) is 12.4. The molecular formula is C16H13N3O6S. The van der Waals surface area contributed by atoms with E-state index in [9.17, 15) is 19.7 Å². The Balaban J connectivity index is 1.87. The number of thiocarbonyl (C=S) groups is 1. The van der Waals surface area contributed by atoms with Crippen molar-refractivity contribution in [3.8, 4) is 5.75 Å². The summed E-state index contributed by atoms with van der Waals surface area (Å²) in [7, 11) is 0.